The predicted octanol–water partition coefficient (Wildman–Crippen LogP) is 5.84. The normalized spacial score (nSPS) is 13.2. The zero-order chi connectivity index (χ0) is 15.0. The number of benzene rings is 1. The van der Waals surface area contributed by atoms with Crippen molar-refractivity contribution in [3.63, 3.8) is 0 Å². The third-order valence-electron chi connectivity index (χ3n) is 3.59. The second kappa shape index (κ2) is 6.11. The summed E-state index contributed by atoms with van der Waals surface area (Å²) in [5, 5.41) is 2.13. The second-order valence-electron chi connectivity index (χ2n) is 5.37. The summed E-state index contributed by atoms with van der Waals surface area (Å²) >= 11 is 11.5. The third-order valence-corrected chi connectivity index (χ3v) is 5.26. The Morgan fingerprint density at radius 3 is 2.76 bits per heavy atom. The van der Waals surface area contributed by atoms with Gasteiger partial charge in [-0.05, 0) is 35.6 Å². The highest BCUT2D eigenvalue weighted by Crippen LogP contribution is 2.35. The van der Waals surface area contributed by atoms with E-state index in [0.29, 0.717) is 11.8 Å². The Morgan fingerprint density at radius 1 is 1.33 bits per heavy atom. The average molecular weight is 384 g/mol. The van der Waals surface area contributed by atoms with Crippen molar-refractivity contribution in [3.05, 3.63) is 50.9 Å². The smallest absolute Gasteiger partial charge is 0.125 e. The van der Waals surface area contributed by atoms with Gasteiger partial charge in [0, 0.05) is 9.35 Å². The van der Waals surface area contributed by atoms with Gasteiger partial charge < -0.3 is 4.57 Å². The van der Waals surface area contributed by atoms with Gasteiger partial charge in [0.05, 0.1) is 23.0 Å². The van der Waals surface area contributed by atoms with Gasteiger partial charge >= 0.3 is 0 Å². The fourth-order valence-electron chi connectivity index (χ4n) is 2.74. The summed E-state index contributed by atoms with van der Waals surface area (Å²) in [7, 11) is 0. The molecule has 2 nitrogen and oxygen atoms in total. The van der Waals surface area contributed by atoms with Crippen LogP contribution in [0.2, 0.25) is 0 Å². The number of imidazole rings is 1. The SMILES string of the molecule is CC(C)C(c1cccs1)n1c(CCl)nc2cc(Br)ccc21. The van der Waals surface area contributed by atoms with Crippen molar-refractivity contribution in [1.29, 1.82) is 0 Å². The summed E-state index contributed by atoms with van der Waals surface area (Å²) in [6.45, 7) is 4.49. The molecule has 0 bridgehead atoms. The average Bonchev–Trinajstić information content (AvgIpc) is 3.07. The van der Waals surface area contributed by atoms with Crippen LogP contribution in [0.25, 0.3) is 11.0 Å². The topological polar surface area (TPSA) is 17.8 Å². The number of halogens is 2. The molecule has 5 heteroatoms. The minimum Gasteiger partial charge on any atom is -0.318 e. The van der Waals surface area contributed by atoms with Crippen molar-refractivity contribution in [2.75, 3.05) is 0 Å². The van der Waals surface area contributed by atoms with Crippen LogP contribution in [0.1, 0.15) is 30.6 Å². The van der Waals surface area contributed by atoms with Crippen LogP contribution >= 0.6 is 38.9 Å². The molecule has 3 aromatic rings. The van der Waals surface area contributed by atoms with E-state index in [2.05, 4.69) is 64.0 Å². The number of hydrogen-bond donors (Lipinski definition) is 0. The van der Waals surface area contributed by atoms with Gasteiger partial charge in [0.15, 0.2) is 0 Å². The molecular weight excluding hydrogens is 368 g/mol. The van der Waals surface area contributed by atoms with Crippen LogP contribution in [0.3, 0.4) is 0 Å². The fraction of sp³-hybridized carbons (Fsp3) is 0.312. The first-order chi connectivity index (χ1) is 10.1. The second-order valence-corrected chi connectivity index (χ2v) is 7.53. The van der Waals surface area contributed by atoms with E-state index in [1.165, 1.54) is 4.88 Å². The molecule has 0 amide bonds. The van der Waals surface area contributed by atoms with Gasteiger partial charge in [0.25, 0.3) is 0 Å². The maximum atomic E-state index is 6.16. The van der Waals surface area contributed by atoms with Crippen molar-refractivity contribution in [2.24, 2.45) is 5.92 Å². The number of rotatable bonds is 4. The highest BCUT2D eigenvalue weighted by atomic mass is 79.9. The zero-order valence-corrected chi connectivity index (χ0v) is 15.0. The molecule has 1 unspecified atom stereocenters. The zero-order valence-electron chi connectivity index (χ0n) is 11.9. The first-order valence-electron chi connectivity index (χ1n) is 6.87. The van der Waals surface area contributed by atoms with Gasteiger partial charge in [0.1, 0.15) is 5.82 Å². The van der Waals surface area contributed by atoms with Crippen LogP contribution in [0.15, 0.2) is 40.2 Å². The van der Waals surface area contributed by atoms with Gasteiger partial charge in [-0.15, -0.1) is 22.9 Å². The molecule has 0 N–H and O–H groups in total. The molecule has 0 saturated heterocycles. The van der Waals surface area contributed by atoms with Crippen molar-refractivity contribution < 1.29 is 0 Å². The Morgan fingerprint density at radius 2 is 2.14 bits per heavy atom. The molecule has 0 fully saturated rings. The Balaban J connectivity index is 2.26. The number of fused-ring (bicyclic) bond motifs is 1. The summed E-state index contributed by atoms with van der Waals surface area (Å²) in [5.41, 5.74) is 2.13. The first kappa shape index (κ1) is 15.1. The molecule has 0 radical (unpaired) electrons. The Hall–Kier alpha value is -0.840. The molecule has 0 aliphatic carbocycles. The number of hydrogen-bond acceptors (Lipinski definition) is 2. The summed E-state index contributed by atoms with van der Waals surface area (Å²) in [4.78, 5) is 6.06. The lowest BCUT2D eigenvalue weighted by Gasteiger charge is -2.24. The van der Waals surface area contributed by atoms with Crippen molar-refractivity contribution in [1.82, 2.24) is 9.55 Å². The predicted molar refractivity (Wildman–Crippen MR) is 94.3 cm³/mol. The van der Waals surface area contributed by atoms with E-state index in [4.69, 9.17) is 16.6 Å². The summed E-state index contributed by atoms with van der Waals surface area (Å²) in [5.74, 6) is 1.81. The number of nitrogens with zero attached hydrogens (tertiary/aromatic N) is 2. The van der Waals surface area contributed by atoms with Gasteiger partial charge in [-0.2, -0.15) is 0 Å². The lowest BCUT2D eigenvalue weighted by atomic mass is 10.0. The maximum absolute atomic E-state index is 6.16. The number of alkyl halides is 1. The van der Waals surface area contributed by atoms with Crippen LogP contribution in [-0.2, 0) is 5.88 Å². The molecule has 0 spiro atoms. The van der Waals surface area contributed by atoms with Crippen LogP contribution < -0.4 is 0 Å². The van der Waals surface area contributed by atoms with E-state index in [0.717, 1.165) is 21.3 Å². The number of thiophene rings is 1. The Kier molecular flexibility index (Phi) is 4.38. The van der Waals surface area contributed by atoms with Crippen molar-refractivity contribution in [2.45, 2.75) is 25.8 Å². The first-order valence-corrected chi connectivity index (χ1v) is 9.08. The quantitative estimate of drug-likeness (QED) is 0.517. The van der Waals surface area contributed by atoms with Gasteiger partial charge in [-0.25, -0.2) is 4.98 Å². The van der Waals surface area contributed by atoms with Crippen molar-refractivity contribution >= 4 is 49.9 Å². The van der Waals surface area contributed by atoms with E-state index in [1.807, 2.05) is 6.07 Å². The molecule has 0 saturated carbocycles. The van der Waals surface area contributed by atoms with E-state index < -0.39 is 0 Å². The van der Waals surface area contributed by atoms with Gasteiger partial charge in [-0.1, -0.05) is 35.8 Å². The molecule has 1 aromatic carbocycles. The Labute approximate surface area is 141 Å². The minimum atomic E-state index is 0.268. The standard InChI is InChI=1S/C16H16BrClN2S/c1-10(2)16(14-4-3-7-21-14)20-13-6-5-11(17)8-12(13)19-15(20)9-18/h3-8,10,16H,9H2,1-2H3. The number of aromatic nitrogens is 2. The molecule has 2 heterocycles. The summed E-state index contributed by atoms with van der Waals surface area (Å²) in [6, 6.07) is 10.8. The largest absolute Gasteiger partial charge is 0.318 e. The minimum absolute atomic E-state index is 0.268. The van der Waals surface area contributed by atoms with Crippen LogP contribution in [0.5, 0.6) is 0 Å². The summed E-state index contributed by atoms with van der Waals surface area (Å²) in [6.07, 6.45) is 0. The van der Waals surface area contributed by atoms with E-state index in [1.54, 1.807) is 11.3 Å². The van der Waals surface area contributed by atoms with Gasteiger partial charge in [0.2, 0.25) is 0 Å². The molecule has 0 aliphatic heterocycles. The molecule has 2 aromatic heterocycles. The van der Waals surface area contributed by atoms with Gasteiger partial charge in [-0.3, -0.25) is 0 Å². The monoisotopic (exact) mass is 382 g/mol. The highest BCUT2D eigenvalue weighted by molar-refractivity contribution is 9.10. The summed E-state index contributed by atoms with van der Waals surface area (Å²) < 4.78 is 3.34. The lowest BCUT2D eigenvalue weighted by Crippen LogP contribution is -2.17. The molecule has 110 valence electrons. The maximum Gasteiger partial charge on any atom is 0.125 e. The van der Waals surface area contributed by atoms with E-state index in [-0.39, 0.29) is 6.04 Å². The van der Waals surface area contributed by atoms with Crippen LogP contribution in [0.4, 0.5) is 0 Å². The molecular formula is C16H16BrClN2S. The lowest BCUT2D eigenvalue weighted by molar-refractivity contribution is 0.444. The van der Waals surface area contributed by atoms with Crippen LogP contribution in [-0.4, -0.2) is 9.55 Å². The van der Waals surface area contributed by atoms with Crippen LogP contribution in [0, 0.1) is 5.92 Å². The Bertz CT molecular complexity index is 749. The molecule has 21 heavy (non-hydrogen) atoms. The van der Waals surface area contributed by atoms with Crippen molar-refractivity contribution in [3.8, 4) is 0 Å². The molecule has 3 rings (SSSR count). The molecule has 1 atom stereocenters. The fourth-order valence-corrected chi connectivity index (χ4v) is 4.27. The van der Waals surface area contributed by atoms with E-state index >= 15 is 0 Å². The van der Waals surface area contributed by atoms with E-state index in [9.17, 15) is 0 Å². The highest BCUT2D eigenvalue weighted by Gasteiger charge is 2.24. The molecule has 0 aliphatic rings. The third kappa shape index (κ3) is 2.77.